The molecule has 0 radical (unpaired) electrons. The lowest BCUT2D eigenvalue weighted by Gasteiger charge is -2.06. The Hall–Kier alpha value is -1.63. The number of hydrogen-bond acceptors (Lipinski definition) is 1. The van der Waals surface area contributed by atoms with Crippen molar-refractivity contribution in [3.63, 3.8) is 0 Å². The quantitative estimate of drug-likeness (QED) is 0.506. The predicted octanol–water partition coefficient (Wildman–Crippen LogP) is 4.94. The Balaban J connectivity index is 0.00000137. The third kappa shape index (κ3) is 5.62. The molecule has 0 heterocycles. The lowest BCUT2D eigenvalue weighted by atomic mass is 9.97. The SMILES string of the molecule is CC.C\C=C/C=C(\C=C/C)C(=O)C1=CCCC=C1. The molecule has 18 heavy (non-hydrogen) atoms. The van der Waals surface area contributed by atoms with Crippen molar-refractivity contribution in [3.8, 4) is 0 Å². The van der Waals surface area contributed by atoms with Gasteiger partial charge in [-0.25, -0.2) is 0 Å². The summed E-state index contributed by atoms with van der Waals surface area (Å²) in [6, 6.07) is 0. The van der Waals surface area contributed by atoms with Gasteiger partial charge in [0.05, 0.1) is 0 Å². The molecule has 0 aromatic rings. The largest absolute Gasteiger partial charge is 0.289 e. The summed E-state index contributed by atoms with van der Waals surface area (Å²) in [4.78, 5) is 12.1. The molecule has 1 aliphatic rings. The van der Waals surface area contributed by atoms with Gasteiger partial charge in [-0.15, -0.1) is 0 Å². The summed E-state index contributed by atoms with van der Waals surface area (Å²) in [5.41, 5.74) is 1.54. The van der Waals surface area contributed by atoms with Crippen molar-refractivity contribution < 1.29 is 4.79 Å². The van der Waals surface area contributed by atoms with E-state index in [1.807, 2.05) is 70.2 Å². The zero-order valence-electron chi connectivity index (χ0n) is 11.9. The minimum atomic E-state index is 0.104. The van der Waals surface area contributed by atoms with Crippen LogP contribution in [0, 0.1) is 0 Å². The van der Waals surface area contributed by atoms with Crippen molar-refractivity contribution in [1.29, 1.82) is 0 Å². The van der Waals surface area contributed by atoms with Gasteiger partial charge >= 0.3 is 0 Å². The zero-order valence-corrected chi connectivity index (χ0v) is 11.9. The molecule has 0 aromatic carbocycles. The minimum absolute atomic E-state index is 0.104. The second-order valence-corrected chi connectivity index (χ2v) is 3.62. The van der Waals surface area contributed by atoms with Crippen LogP contribution in [-0.4, -0.2) is 5.78 Å². The van der Waals surface area contributed by atoms with Crippen molar-refractivity contribution in [2.75, 3.05) is 0 Å². The van der Waals surface area contributed by atoms with Gasteiger partial charge in [-0.05, 0) is 26.7 Å². The van der Waals surface area contributed by atoms with Gasteiger partial charge in [0.2, 0.25) is 0 Å². The molecule has 0 bridgehead atoms. The summed E-state index contributed by atoms with van der Waals surface area (Å²) in [6.45, 7) is 7.86. The minimum Gasteiger partial charge on any atom is -0.289 e. The fourth-order valence-corrected chi connectivity index (χ4v) is 1.53. The average molecular weight is 244 g/mol. The summed E-state index contributed by atoms with van der Waals surface area (Å²) in [5.74, 6) is 0.104. The Morgan fingerprint density at radius 3 is 2.39 bits per heavy atom. The first-order valence-corrected chi connectivity index (χ1v) is 6.66. The van der Waals surface area contributed by atoms with Crippen molar-refractivity contribution in [2.45, 2.75) is 40.5 Å². The maximum absolute atomic E-state index is 12.1. The first kappa shape index (κ1) is 16.4. The predicted molar refractivity (Wildman–Crippen MR) is 80.5 cm³/mol. The van der Waals surface area contributed by atoms with E-state index in [0.29, 0.717) is 0 Å². The summed E-state index contributed by atoms with van der Waals surface area (Å²) >= 11 is 0. The molecule has 0 amide bonds. The highest BCUT2D eigenvalue weighted by Gasteiger charge is 2.10. The van der Waals surface area contributed by atoms with E-state index in [4.69, 9.17) is 0 Å². The fraction of sp³-hybridized carbons (Fsp3) is 0.353. The number of rotatable bonds is 4. The standard InChI is InChI=1S/C15H18O.C2H6/c1-3-5-10-13(9-4-2)15(16)14-11-7-6-8-12-14;1-2/h3-5,7,9-12H,6,8H2,1-2H3;1-2H3/b5-3-,9-4-,13-10+;. The Bertz CT molecular complexity index is 390. The molecule has 0 aromatic heterocycles. The number of carbonyl (C=O) groups excluding carboxylic acids is 1. The van der Waals surface area contributed by atoms with Crippen molar-refractivity contribution in [1.82, 2.24) is 0 Å². The first-order valence-electron chi connectivity index (χ1n) is 6.66. The maximum atomic E-state index is 12.1. The molecule has 1 aliphatic carbocycles. The van der Waals surface area contributed by atoms with E-state index >= 15 is 0 Å². The van der Waals surface area contributed by atoms with Crippen LogP contribution in [-0.2, 0) is 4.79 Å². The van der Waals surface area contributed by atoms with Crippen LogP contribution in [0.3, 0.4) is 0 Å². The molecule has 0 unspecified atom stereocenters. The summed E-state index contributed by atoms with van der Waals surface area (Å²) < 4.78 is 0. The Kier molecular flexibility index (Phi) is 9.57. The van der Waals surface area contributed by atoms with Gasteiger partial charge in [0.15, 0.2) is 5.78 Å². The first-order chi connectivity index (χ1) is 8.79. The van der Waals surface area contributed by atoms with Crippen LogP contribution in [0.15, 0.2) is 59.8 Å². The number of carbonyl (C=O) groups is 1. The number of allylic oxidation sites excluding steroid dienone is 10. The van der Waals surface area contributed by atoms with Crippen molar-refractivity contribution >= 4 is 5.78 Å². The maximum Gasteiger partial charge on any atom is 0.192 e. The van der Waals surface area contributed by atoms with Gasteiger partial charge in [-0.2, -0.15) is 0 Å². The van der Waals surface area contributed by atoms with E-state index in [1.54, 1.807) is 0 Å². The number of ketones is 1. The third-order valence-electron chi connectivity index (χ3n) is 2.33. The van der Waals surface area contributed by atoms with E-state index in [0.717, 1.165) is 24.0 Å². The highest BCUT2D eigenvalue weighted by molar-refractivity contribution is 6.12. The van der Waals surface area contributed by atoms with Gasteiger partial charge in [-0.1, -0.05) is 62.5 Å². The summed E-state index contributed by atoms with van der Waals surface area (Å²) in [6.07, 6.45) is 17.4. The van der Waals surface area contributed by atoms with E-state index < -0.39 is 0 Å². The molecule has 0 saturated heterocycles. The molecule has 0 spiro atoms. The van der Waals surface area contributed by atoms with E-state index in [-0.39, 0.29) is 5.78 Å². The number of hydrogen-bond donors (Lipinski definition) is 0. The molecule has 1 heteroatoms. The van der Waals surface area contributed by atoms with Gasteiger partial charge in [0.1, 0.15) is 0 Å². The van der Waals surface area contributed by atoms with Crippen LogP contribution in [0.2, 0.25) is 0 Å². The van der Waals surface area contributed by atoms with Crippen LogP contribution in [0.5, 0.6) is 0 Å². The lowest BCUT2D eigenvalue weighted by Crippen LogP contribution is -2.04. The summed E-state index contributed by atoms with van der Waals surface area (Å²) in [7, 11) is 0. The Labute approximate surface area is 111 Å². The highest BCUT2D eigenvalue weighted by atomic mass is 16.1. The van der Waals surface area contributed by atoms with E-state index in [2.05, 4.69) is 6.08 Å². The normalized spacial score (nSPS) is 15.6. The molecule has 0 saturated carbocycles. The molecule has 0 fully saturated rings. The van der Waals surface area contributed by atoms with Crippen LogP contribution >= 0.6 is 0 Å². The lowest BCUT2D eigenvalue weighted by molar-refractivity contribution is -0.111. The topological polar surface area (TPSA) is 17.1 Å². The molecular formula is C17H24O. The monoisotopic (exact) mass is 244 g/mol. The van der Waals surface area contributed by atoms with Gasteiger partial charge in [0.25, 0.3) is 0 Å². The average Bonchev–Trinajstić information content (AvgIpc) is 2.46. The second kappa shape index (κ2) is 10.5. The smallest absolute Gasteiger partial charge is 0.192 e. The molecule has 1 rings (SSSR count). The van der Waals surface area contributed by atoms with Gasteiger partial charge in [-0.3, -0.25) is 4.79 Å². The van der Waals surface area contributed by atoms with Crippen LogP contribution in [0.4, 0.5) is 0 Å². The third-order valence-corrected chi connectivity index (χ3v) is 2.33. The number of Topliss-reactive ketones (excluding diaryl/α,β-unsaturated/α-hetero) is 1. The van der Waals surface area contributed by atoms with Crippen LogP contribution < -0.4 is 0 Å². The molecule has 0 N–H and O–H groups in total. The van der Waals surface area contributed by atoms with Crippen LogP contribution in [0.25, 0.3) is 0 Å². The summed E-state index contributed by atoms with van der Waals surface area (Å²) in [5, 5.41) is 0. The molecule has 98 valence electrons. The Morgan fingerprint density at radius 2 is 1.89 bits per heavy atom. The van der Waals surface area contributed by atoms with Gasteiger partial charge in [0, 0.05) is 11.1 Å². The zero-order chi connectivity index (χ0) is 13.8. The molecule has 0 atom stereocenters. The van der Waals surface area contributed by atoms with E-state index in [9.17, 15) is 4.79 Å². The molecule has 0 aliphatic heterocycles. The van der Waals surface area contributed by atoms with E-state index in [1.165, 1.54) is 0 Å². The van der Waals surface area contributed by atoms with Gasteiger partial charge < -0.3 is 0 Å². The second-order valence-electron chi connectivity index (χ2n) is 3.62. The Morgan fingerprint density at radius 1 is 1.17 bits per heavy atom. The van der Waals surface area contributed by atoms with Crippen molar-refractivity contribution in [3.05, 3.63) is 59.8 Å². The fourth-order valence-electron chi connectivity index (χ4n) is 1.53. The highest BCUT2D eigenvalue weighted by Crippen LogP contribution is 2.15. The van der Waals surface area contributed by atoms with Crippen molar-refractivity contribution in [2.24, 2.45) is 0 Å². The van der Waals surface area contributed by atoms with Crippen LogP contribution in [0.1, 0.15) is 40.5 Å². The molecular weight excluding hydrogens is 220 g/mol. The molecule has 1 nitrogen and oxygen atoms in total.